The quantitative estimate of drug-likeness (QED) is 0.0445. The van der Waals surface area contributed by atoms with Crippen LogP contribution in [0.3, 0.4) is 0 Å². The van der Waals surface area contributed by atoms with Gasteiger partial charge in [-0.25, -0.2) is 29.7 Å². The molecular weight excluding hydrogens is 1530 g/mol. The van der Waals surface area contributed by atoms with Crippen molar-refractivity contribution in [3.8, 4) is 0 Å². The molecule has 4 aromatic carbocycles. The maximum absolute atomic E-state index is 11.1. The predicted molar refractivity (Wildman–Crippen MR) is 433 cm³/mol. The molecule has 0 bridgehead atoms. The smallest absolute Gasteiger partial charge is 0.461 e. The van der Waals surface area contributed by atoms with Crippen molar-refractivity contribution in [1.82, 2.24) is 24.9 Å². The monoisotopic (exact) mass is 1630 g/mol. The third-order valence-corrected chi connectivity index (χ3v) is 29.5. The molecule has 1 aliphatic rings. The van der Waals surface area contributed by atoms with E-state index in [2.05, 4.69) is 135 Å². The molecule has 3 unspecified atom stereocenters. The molecule has 10 rings (SSSR count). The van der Waals surface area contributed by atoms with E-state index in [-0.39, 0.29) is 62.0 Å². The molecule has 1 saturated heterocycles. The second-order valence-corrected chi connectivity index (χ2v) is 42.4. The first kappa shape index (κ1) is 96.4. The minimum absolute atomic E-state index is 0. The molecule has 3 atom stereocenters. The zero-order valence-corrected chi connectivity index (χ0v) is 70.3. The number of aryl methyl sites for hydroxylation is 5. The molecule has 26 heteroatoms. The number of aromatic nitrogens is 5. The molecular formula is C74H101BrCl4LiN5O8S5Si2. The first-order valence-corrected chi connectivity index (χ1v) is 43.8. The molecule has 1 aliphatic heterocycles. The Kier molecular flexibility index (Phi) is 46.7. The molecule has 0 spiro atoms. The molecule has 0 saturated carbocycles. The Morgan fingerprint density at radius 2 is 1.02 bits per heavy atom. The third kappa shape index (κ3) is 33.2. The number of esters is 1. The van der Waals surface area contributed by atoms with Gasteiger partial charge in [-0.2, -0.15) is 6.42 Å². The number of hydrogen-bond acceptors (Lipinski definition) is 18. The normalized spacial score (nSPS) is 12.4. The first-order valence-electron chi connectivity index (χ1n) is 31.4. The minimum Gasteiger partial charge on any atom is -0.461 e. The Morgan fingerprint density at radius 3 is 1.34 bits per heavy atom. The maximum Gasteiger partial charge on any atom is 1.00 e. The van der Waals surface area contributed by atoms with Crippen LogP contribution < -0.4 is 18.9 Å². The van der Waals surface area contributed by atoms with Crippen LogP contribution >= 0.6 is 119 Å². The van der Waals surface area contributed by atoms with Crippen molar-refractivity contribution in [1.29, 1.82) is 0 Å². The third-order valence-electron chi connectivity index (χ3n) is 15.2. The summed E-state index contributed by atoms with van der Waals surface area (Å²) in [7, 11) is -3.97. The molecule has 9 aromatic rings. The van der Waals surface area contributed by atoms with E-state index in [4.69, 9.17) is 64.7 Å². The number of aliphatic hydroxyl groups is 1. The van der Waals surface area contributed by atoms with Crippen LogP contribution in [0.15, 0.2) is 124 Å². The van der Waals surface area contributed by atoms with Crippen LogP contribution in [0.2, 0.25) is 56.4 Å². The van der Waals surface area contributed by atoms with Gasteiger partial charge in [-0.1, -0.05) is 175 Å². The number of halogens is 5. The van der Waals surface area contributed by atoms with E-state index in [0.717, 1.165) is 94.3 Å². The average molecular weight is 1630 g/mol. The Hall–Kier alpha value is -3.65. The largest absolute Gasteiger partial charge is 1.00 e. The molecule has 6 heterocycles. The van der Waals surface area contributed by atoms with E-state index >= 15 is 0 Å². The van der Waals surface area contributed by atoms with Gasteiger partial charge in [0, 0.05) is 62.2 Å². The standard InChI is InChI=1S/C18H24ClNO2SSi.C17H24ClNOSSi.C11H10ClNOS.C7H9NO2S.C6H4BrCl.C5H5NOS.C4H8O.C4H9.2CH4.Li/c1-12-16(20-15(11-21)23-12)17(13-8-7-9-14(19)10-13)22-24(5,6)18(2,3)4;1-12-15(19-11-21-12)16(13-8-7-9-14(18)10-13)20-22(5,6)17(2,3)4;1-7-10(13-6-15-7)11(14)8-3-2-4-9(12)5-8;1-3-10-7(9)6-5(2)11-4-8-6;7-5-2-1-3-6(8)4-5;1-4-5(2-7)6-3-8-4;1-2-4-5-3-1;1-3-4-2;;;/h7-11,17H,1-6H3;7-11,16H,1-6H3;2-6,11,14H,1H3;4H,3H2,1-2H3;1-4H;2-3H,1H3;1-4H2;1,3-4H2,2H3;2*1H4;/q;;;;;;;-1;;;+1. The van der Waals surface area contributed by atoms with Gasteiger partial charge >= 0.3 is 24.8 Å². The van der Waals surface area contributed by atoms with Gasteiger partial charge in [-0.05, 0) is 162 Å². The minimum atomic E-state index is -2.04. The number of hydrogen-bond donors (Lipinski definition) is 1. The fourth-order valence-corrected chi connectivity index (χ4v) is 14.4. The average Bonchev–Trinajstić information content (AvgIpc) is 1.39. The van der Waals surface area contributed by atoms with Gasteiger partial charge in [0.2, 0.25) is 0 Å². The van der Waals surface area contributed by atoms with Crippen LogP contribution in [-0.2, 0) is 18.3 Å². The van der Waals surface area contributed by atoms with Crippen molar-refractivity contribution in [2.45, 2.75) is 185 Å². The second kappa shape index (κ2) is 48.5. The fraction of sp³-hybridized carbons (Fsp3) is 0.419. The Bertz CT molecular complexity index is 3770. The van der Waals surface area contributed by atoms with Crippen LogP contribution in [-0.4, -0.2) is 85.0 Å². The number of thiazole rings is 5. The van der Waals surface area contributed by atoms with E-state index in [1.165, 1.54) is 69.5 Å². The van der Waals surface area contributed by atoms with Crippen molar-refractivity contribution in [3.63, 3.8) is 0 Å². The van der Waals surface area contributed by atoms with Crippen LogP contribution in [0.1, 0.15) is 203 Å². The Morgan fingerprint density at radius 1 is 0.610 bits per heavy atom. The number of benzene rings is 4. The summed E-state index contributed by atoms with van der Waals surface area (Å²) in [5.74, 6) is -0.328. The summed E-state index contributed by atoms with van der Waals surface area (Å²) in [6, 6.07) is 30.3. The molecule has 100 heavy (non-hydrogen) atoms. The number of carbonyl (C=O) groups excluding carboxylic acids is 3. The molecule has 0 aliphatic carbocycles. The summed E-state index contributed by atoms with van der Waals surface area (Å²) in [5.41, 5.74) is 13.3. The fourth-order valence-electron chi connectivity index (χ4n) is 7.64. The number of nitrogens with zero attached hydrogens (tertiary/aromatic N) is 5. The molecule has 544 valence electrons. The summed E-state index contributed by atoms with van der Waals surface area (Å²) in [6.07, 6.45) is 5.25. The predicted octanol–water partition coefficient (Wildman–Crippen LogP) is 22.1. The number of aliphatic hydroxyl groups excluding tert-OH is 1. The topological polar surface area (TPSA) is 173 Å². The van der Waals surface area contributed by atoms with Gasteiger partial charge in [-0.3, -0.25) is 9.59 Å². The molecule has 0 radical (unpaired) electrons. The number of carbonyl (C=O) groups is 3. The van der Waals surface area contributed by atoms with Gasteiger partial charge in [0.05, 0.1) is 45.7 Å². The van der Waals surface area contributed by atoms with E-state index in [1.54, 1.807) is 46.9 Å². The number of unbranched alkanes of at least 4 members (excludes halogenated alkanes) is 1. The van der Waals surface area contributed by atoms with E-state index in [1.807, 2.05) is 112 Å². The molecule has 1 fully saturated rings. The van der Waals surface area contributed by atoms with Crippen molar-refractivity contribution >= 4 is 154 Å². The van der Waals surface area contributed by atoms with Gasteiger partial charge in [0.15, 0.2) is 39.9 Å². The zero-order valence-electron chi connectivity index (χ0n) is 59.6. The zero-order chi connectivity index (χ0) is 72.7. The number of aldehydes is 2. The number of ether oxygens (including phenoxy) is 2. The Labute approximate surface area is 659 Å². The van der Waals surface area contributed by atoms with Gasteiger partial charge in [-0.15, -0.1) is 56.7 Å². The summed E-state index contributed by atoms with van der Waals surface area (Å²) in [4.78, 5) is 58.2. The van der Waals surface area contributed by atoms with E-state index in [0.29, 0.717) is 38.7 Å². The van der Waals surface area contributed by atoms with Crippen LogP contribution in [0.25, 0.3) is 0 Å². The first-order chi connectivity index (χ1) is 45.6. The van der Waals surface area contributed by atoms with Crippen molar-refractivity contribution in [3.05, 3.63) is 225 Å². The molecule has 13 nitrogen and oxygen atoms in total. The summed E-state index contributed by atoms with van der Waals surface area (Å²) in [5, 5.41) is 13.6. The summed E-state index contributed by atoms with van der Waals surface area (Å²) < 4.78 is 24.1. The molecule has 0 amide bonds. The second-order valence-electron chi connectivity index (χ2n) is 24.8. The van der Waals surface area contributed by atoms with E-state index < -0.39 is 22.7 Å². The van der Waals surface area contributed by atoms with Gasteiger partial charge in [0.25, 0.3) is 0 Å². The molecule has 1 N–H and O–H groups in total. The van der Waals surface area contributed by atoms with Crippen molar-refractivity contribution < 1.29 is 56.7 Å². The maximum atomic E-state index is 11.1. The molecule has 5 aromatic heterocycles. The van der Waals surface area contributed by atoms with Gasteiger partial charge < -0.3 is 30.4 Å². The van der Waals surface area contributed by atoms with Gasteiger partial charge in [0.1, 0.15) is 24.0 Å². The Balaban J connectivity index is 0.00000118. The van der Waals surface area contributed by atoms with Crippen molar-refractivity contribution in [2.24, 2.45) is 0 Å². The summed E-state index contributed by atoms with van der Waals surface area (Å²) >= 11 is 34.7. The van der Waals surface area contributed by atoms with E-state index in [9.17, 15) is 19.5 Å². The van der Waals surface area contributed by atoms with Crippen LogP contribution in [0.5, 0.6) is 0 Å². The SMILES string of the molecule is C.C.C1CCOC1.CCOC(=O)c1ncsc1C.Cc1sc(C=O)nc1C(O[Si](C)(C)C(C)(C)C)c1cccc(Cl)c1.Cc1scnc1C(O)c1cccc(Cl)c1.Cc1scnc1C(O[Si](C)(C)C(C)(C)C)c1cccc(Cl)c1.Cc1scnc1C=O.Clc1cccc(Br)c1.[CH2-]CCC.[Li+]. The van der Waals surface area contributed by atoms with Crippen LogP contribution in [0, 0.1) is 41.5 Å². The summed E-state index contributed by atoms with van der Waals surface area (Å²) in [6.45, 7) is 42.0. The van der Waals surface area contributed by atoms with Crippen LogP contribution in [0.4, 0.5) is 0 Å². The van der Waals surface area contributed by atoms with Crippen molar-refractivity contribution in [2.75, 3.05) is 19.8 Å². The number of rotatable bonds is 15.